The molecule has 0 spiro atoms. The van der Waals surface area contributed by atoms with E-state index in [-0.39, 0.29) is 0 Å². The van der Waals surface area contributed by atoms with Crippen molar-refractivity contribution in [1.82, 2.24) is 9.38 Å². The van der Waals surface area contributed by atoms with E-state index in [1.165, 1.54) is 0 Å². The maximum absolute atomic E-state index is 10.5. The number of halogens is 1. The third-order valence-corrected chi connectivity index (χ3v) is 2.00. The molecule has 0 aliphatic rings. The summed E-state index contributed by atoms with van der Waals surface area (Å²) in [5.74, 6) is 0. The van der Waals surface area contributed by atoms with Gasteiger partial charge in [0.2, 0.25) is 0 Å². The zero-order valence-electron chi connectivity index (χ0n) is 6.07. The molecule has 2 heterocycles. The Morgan fingerprint density at radius 2 is 2.33 bits per heavy atom. The van der Waals surface area contributed by atoms with Crippen LogP contribution in [-0.4, -0.2) is 15.7 Å². The van der Waals surface area contributed by atoms with Crippen molar-refractivity contribution in [3.05, 3.63) is 35.4 Å². The number of hydrogen-bond acceptors (Lipinski definition) is 2. The summed E-state index contributed by atoms with van der Waals surface area (Å²) in [5.41, 5.74) is 1.30. The van der Waals surface area contributed by atoms with Gasteiger partial charge in [-0.05, 0) is 12.1 Å². The molecule has 0 fully saturated rings. The minimum atomic E-state index is 0.548. The molecule has 0 aliphatic heterocycles. The molecule has 0 bridgehead atoms. The van der Waals surface area contributed by atoms with E-state index < -0.39 is 0 Å². The highest BCUT2D eigenvalue weighted by molar-refractivity contribution is 6.33. The van der Waals surface area contributed by atoms with E-state index in [0.717, 1.165) is 11.8 Å². The maximum atomic E-state index is 10.5. The lowest BCUT2D eigenvalue weighted by Gasteiger charge is -1.98. The molecule has 2 rings (SSSR count). The summed E-state index contributed by atoms with van der Waals surface area (Å²) in [6.45, 7) is 0. The average Bonchev–Trinajstić information content (AvgIpc) is 2.54. The Labute approximate surface area is 73.6 Å². The first-order valence-corrected chi connectivity index (χ1v) is 3.76. The molecule has 4 heteroatoms. The van der Waals surface area contributed by atoms with Crippen LogP contribution in [0.4, 0.5) is 0 Å². The van der Waals surface area contributed by atoms with Crippen LogP contribution in [0.25, 0.3) is 5.52 Å². The van der Waals surface area contributed by atoms with E-state index >= 15 is 0 Å². The fourth-order valence-corrected chi connectivity index (χ4v) is 1.30. The highest BCUT2D eigenvalue weighted by Gasteiger charge is 2.02. The van der Waals surface area contributed by atoms with Gasteiger partial charge < -0.3 is 0 Å². The summed E-state index contributed by atoms with van der Waals surface area (Å²) >= 11 is 5.85. The lowest BCUT2D eigenvalue weighted by atomic mass is 10.3. The van der Waals surface area contributed by atoms with Crippen LogP contribution >= 0.6 is 11.6 Å². The van der Waals surface area contributed by atoms with Crippen molar-refractivity contribution in [2.24, 2.45) is 0 Å². The molecule has 0 saturated heterocycles. The van der Waals surface area contributed by atoms with Crippen molar-refractivity contribution in [3.8, 4) is 0 Å². The Hall–Kier alpha value is -1.35. The third-order valence-electron chi connectivity index (χ3n) is 1.68. The molecule has 0 N–H and O–H groups in total. The van der Waals surface area contributed by atoms with Crippen LogP contribution < -0.4 is 0 Å². The highest BCUT2D eigenvalue weighted by atomic mass is 35.5. The standard InChI is InChI=1S/C8H5ClN2O/c9-7-2-1-6(4-12)11-5-10-3-8(7)11/h1-5H. The molecule has 0 atom stereocenters. The number of carbonyl (C=O) groups excluding carboxylic acids is 1. The van der Waals surface area contributed by atoms with Crippen LogP contribution in [0, 0.1) is 0 Å². The number of nitrogens with zero attached hydrogens (tertiary/aromatic N) is 2. The first kappa shape index (κ1) is 7.31. The lowest BCUT2D eigenvalue weighted by molar-refractivity contribution is 0.111. The van der Waals surface area contributed by atoms with Crippen LogP contribution in [-0.2, 0) is 0 Å². The van der Waals surface area contributed by atoms with Crippen LogP contribution in [0.2, 0.25) is 5.02 Å². The van der Waals surface area contributed by atoms with E-state index in [2.05, 4.69) is 4.98 Å². The minimum Gasteiger partial charge on any atom is -0.296 e. The van der Waals surface area contributed by atoms with Gasteiger partial charge in [0.1, 0.15) is 0 Å². The van der Waals surface area contributed by atoms with Crippen molar-refractivity contribution in [2.45, 2.75) is 0 Å². The van der Waals surface area contributed by atoms with Crippen LogP contribution in [0.5, 0.6) is 0 Å². The number of carbonyl (C=O) groups is 1. The molecule has 0 aromatic carbocycles. The molecule has 2 aromatic rings. The van der Waals surface area contributed by atoms with E-state index in [0.29, 0.717) is 10.7 Å². The summed E-state index contributed by atoms with van der Waals surface area (Å²) < 4.78 is 1.65. The fourth-order valence-electron chi connectivity index (χ4n) is 1.10. The molecule has 2 aromatic heterocycles. The van der Waals surface area contributed by atoms with Gasteiger partial charge in [-0.15, -0.1) is 0 Å². The van der Waals surface area contributed by atoms with Gasteiger partial charge in [-0.25, -0.2) is 4.98 Å². The van der Waals surface area contributed by atoms with Gasteiger partial charge in [-0.1, -0.05) is 11.6 Å². The Balaban J connectivity index is 2.91. The highest BCUT2D eigenvalue weighted by Crippen LogP contribution is 2.17. The van der Waals surface area contributed by atoms with Crippen LogP contribution in [0.15, 0.2) is 24.7 Å². The second kappa shape index (κ2) is 2.60. The maximum Gasteiger partial charge on any atom is 0.166 e. The van der Waals surface area contributed by atoms with E-state index in [1.54, 1.807) is 29.1 Å². The quantitative estimate of drug-likeness (QED) is 0.628. The van der Waals surface area contributed by atoms with Gasteiger partial charge in [0, 0.05) is 0 Å². The Morgan fingerprint density at radius 1 is 1.50 bits per heavy atom. The van der Waals surface area contributed by atoms with Crippen molar-refractivity contribution < 1.29 is 4.79 Å². The van der Waals surface area contributed by atoms with Gasteiger partial charge in [-0.2, -0.15) is 0 Å². The second-order valence-electron chi connectivity index (χ2n) is 2.37. The lowest BCUT2D eigenvalue weighted by Crippen LogP contribution is -1.92. The SMILES string of the molecule is O=Cc1ccc(Cl)c2cncn12. The van der Waals surface area contributed by atoms with Gasteiger partial charge in [0.25, 0.3) is 0 Å². The first-order valence-electron chi connectivity index (χ1n) is 3.38. The third kappa shape index (κ3) is 0.905. The van der Waals surface area contributed by atoms with Gasteiger partial charge >= 0.3 is 0 Å². The number of rotatable bonds is 1. The largest absolute Gasteiger partial charge is 0.296 e. The van der Waals surface area contributed by atoms with Crippen molar-refractivity contribution >= 4 is 23.4 Å². The fraction of sp³-hybridized carbons (Fsp3) is 0. The predicted octanol–water partition coefficient (Wildman–Crippen LogP) is 1.80. The summed E-state index contributed by atoms with van der Waals surface area (Å²) in [4.78, 5) is 14.4. The number of aromatic nitrogens is 2. The van der Waals surface area contributed by atoms with Gasteiger partial charge in [-0.3, -0.25) is 9.20 Å². The molecular weight excluding hydrogens is 176 g/mol. The summed E-state index contributed by atoms with van der Waals surface area (Å²) in [7, 11) is 0. The number of hydrogen-bond donors (Lipinski definition) is 0. The van der Waals surface area contributed by atoms with Crippen LogP contribution in [0.3, 0.4) is 0 Å². The molecule has 3 nitrogen and oxygen atoms in total. The molecular formula is C8H5ClN2O. The number of fused-ring (bicyclic) bond motifs is 1. The number of pyridine rings is 1. The van der Waals surface area contributed by atoms with Crippen molar-refractivity contribution in [1.29, 1.82) is 0 Å². The summed E-state index contributed by atoms with van der Waals surface area (Å²) in [6.07, 6.45) is 3.95. The molecule has 0 aliphatic carbocycles. The number of aldehydes is 1. The average molecular weight is 181 g/mol. The molecule has 60 valence electrons. The van der Waals surface area contributed by atoms with Crippen LogP contribution in [0.1, 0.15) is 10.5 Å². The number of imidazole rings is 1. The first-order chi connectivity index (χ1) is 5.83. The predicted molar refractivity (Wildman–Crippen MR) is 45.6 cm³/mol. The smallest absolute Gasteiger partial charge is 0.166 e. The van der Waals surface area contributed by atoms with E-state index in [9.17, 15) is 4.79 Å². The normalized spacial score (nSPS) is 10.4. The molecule has 0 saturated carbocycles. The summed E-state index contributed by atoms with van der Waals surface area (Å²) in [5, 5.41) is 0.595. The van der Waals surface area contributed by atoms with E-state index in [1.807, 2.05) is 0 Å². The topological polar surface area (TPSA) is 34.4 Å². The molecule has 12 heavy (non-hydrogen) atoms. The monoisotopic (exact) mass is 180 g/mol. The Kier molecular flexibility index (Phi) is 1.59. The zero-order valence-corrected chi connectivity index (χ0v) is 6.82. The van der Waals surface area contributed by atoms with Crippen molar-refractivity contribution in [2.75, 3.05) is 0 Å². The van der Waals surface area contributed by atoms with Crippen molar-refractivity contribution in [3.63, 3.8) is 0 Å². The van der Waals surface area contributed by atoms with E-state index in [4.69, 9.17) is 11.6 Å². The molecule has 0 radical (unpaired) electrons. The zero-order chi connectivity index (χ0) is 8.55. The van der Waals surface area contributed by atoms with Gasteiger partial charge in [0.15, 0.2) is 6.29 Å². The van der Waals surface area contributed by atoms with Gasteiger partial charge in [0.05, 0.1) is 28.8 Å². The molecule has 0 unspecified atom stereocenters. The Morgan fingerprint density at radius 3 is 3.08 bits per heavy atom. The minimum absolute atomic E-state index is 0.548. The Bertz CT molecular complexity index is 436. The second-order valence-corrected chi connectivity index (χ2v) is 2.78. The molecule has 0 amide bonds. The summed E-state index contributed by atoms with van der Waals surface area (Å²) in [6, 6.07) is 3.34.